The molecule has 0 aliphatic rings. The molecular formula is C20H26N4O4. The van der Waals surface area contributed by atoms with E-state index in [0.717, 1.165) is 17.1 Å². The van der Waals surface area contributed by atoms with E-state index in [4.69, 9.17) is 9.47 Å². The molecule has 28 heavy (non-hydrogen) atoms. The topological polar surface area (TPSA) is 98.0 Å². The summed E-state index contributed by atoms with van der Waals surface area (Å²) in [6.07, 6.45) is -0.103. The third-order valence-electron chi connectivity index (χ3n) is 3.82. The van der Waals surface area contributed by atoms with Gasteiger partial charge in [-0.15, -0.1) is 0 Å². The summed E-state index contributed by atoms with van der Waals surface area (Å²) in [7, 11) is 1.62. The molecule has 8 heteroatoms. The first-order valence-corrected chi connectivity index (χ1v) is 9.08. The summed E-state index contributed by atoms with van der Waals surface area (Å²) in [5.74, 6) is 2.09. The van der Waals surface area contributed by atoms with E-state index >= 15 is 0 Å². The van der Waals surface area contributed by atoms with Gasteiger partial charge in [-0.1, -0.05) is 18.2 Å². The Hall–Kier alpha value is -3.29. The van der Waals surface area contributed by atoms with E-state index in [-0.39, 0.29) is 11.8 Å². The van der Waals surface area contributed by atoms with Gasteiger partial charge in [0.25, 0.3) is 5.69 Å². The third-order valence-corrected chi connectivity index (χ3v) is 3.82. The summed E-state index contributed by atoms with van der Waals surface area (Å²) >= 11 is 0. The second-order valence-corrected chi connectivity index (χ2v) is 6.11. The van der Waals surface area contributed by atoms with Gasteiger partial charge in [0.1, 0.15) is 17.6 Å². The SMILES string of the molecule is CCNC(=NCc1cccc([N+](=O)[O-])c1)NCC(C)Oc1cccc(OC)c1. The van der Waals surface area contributed by atoms with Crippen molar-refractivity contribution >= 4 is 11.6 Å². The van der Waals surface area contributed by atoms with Crippen molar-refractivity contribution in [3.63, 3.8) is 0 Å². The van der Waals surface area contributed by atoms with Gasteiger partial charge in [-0.25, -0.2) is 4.99 Å². The van der Waals surface area contributed by atoms with Gasteiger partial charge < -0.3 is 20.1 Å². The van der Waals surface area contributed by atoms with Crippen molar-refractivity contribution in [3.8, 4) is 11.5 Å². The van der Waals surface area contributed by atoms with E-state index in [0.29, 0.717) is 25.6 Å². The first kappa shape index (κ1) is 21.0. The Kier molecular flexibility index (Phi) is 8.08. The van der Waals surface area contributed by atoms with Crippen LogP contribution in [-0.2, 0) is 6.54 Å². The highest BCUT2D eigenvalue weighted by molar-refractivity contribution is 5.79. The largest absolute Gasteiger partial charge is 0.497 e. The van der Waals surface area contributed by atoms with Gasteiger partial charge in [0, 0.05) is 24.7 Å². The second-order valence-electron chi connectivity index (χ2n) is 6.11. The highest BCUT2D eigenvalue weighted by atomic mass is 16.6. The van der Waals surface area contributed by atoms with Gasteiger partial charge in [-0.2, -0.15) is 0 Å². The van der Waals surface area contributed by atoms with Crippen molar-refractivity contribution in [2.45, 2.75) is 26.5 Å². The van der Waals surface area contributed by atoms with Crippen LogP contribution >= 0.6 is 0 Å². The Morgan fingerprint density at radius 3 is 2.64 bits per heavy atom. The molecule has 0 aromatic heterocycles. The van der Waals surface area contributed by atoms with Crippen LogP contribution in [-0.4, -0.2) is 37.2 Å². The molecule has 0 fully saturated rings. The lowest BCUT2D eigenvalue weighted by atomic mass is 10.2. The number of hydrogen-bond donors (Lipinski definition) is 2. The Morgan fingerprint density at radius 2 is 1.93 bits per heavy atom. The summed E-state index contributed by atoms with van der Waals surface area (Å²) in [5.41, 5.74) is 0.832. The molecule has 1 atom stereocenters. The molecule has 0 saturated heterocycles. The fourth-order valence-corrected chi connectivity index (χ4v) is 2.47. The lowest BCUT2D eigenvalue weighted by Gasteiger charge is -2.18. The smallest absolute Gasteiger partial charge is 0.269 e. The highest BCUT2D eigenvalue weighted by Gasteiger charge is 2.08. The molecule has 0 aliphatic carbocycles. The molecule has 0 bridgehead atoms. The number of guanidine groups is 1. The zero-order valence-electron chi connectivity index (χ0n) is 16.3. The van der Waals surface area contributed by atoms with Crippen LogP contribution in [0.3, 0.4) is 0 Å². The number of nitro groups is 1. The zero-order chi connectivity index (χ0) is 20.4. The number of hydrogen-bond acceptors (Lipinski definition) is 5. The lowest BCUT2D eigenvalue weighted by molar-refractivity contribution is -0.384. The molecule has 1 unspecified atom stereocenters. The number of rotatable bonds is 9. The van der Waals surface area contributed by atoms with Crippen LogP contribution in [0.25, 0.3) is 0 Å². The zero-order valence-corrected chi connectivity index (χ0v) is 16.3. The molecule has 0 radical (unpaired) electrons. The van der Waals surface area contributed by atoms with E-state index in [1.54, 1.807) is 13.2 Å². The molecule has 0 aliphatic heterocycles. The summed E-state index contributed by atoms with van der Waals surface area (Å²) in [6.45, 7) is 5.50. The molecule has 2 aromatic rings. The van der Waals surface area contributed by atoms with E-state index in [2.05, 4.69) is 15.6 Å². The Bertz CT molecular complexity index is 810. The number of nitrogens with one attached hydrogen (secondary N) is 2. The van der Waals surface area contributed by atoms with Gasteiger partial charge >= 0.3 is 0 Å². The molecule has 0 amide bonds. The maximum atomic E-state index is 10.9. The maximum absolute atomic E-state index is 10.9. The van der Waals surface area contributed by atoms with Crippen molar-refractivity contribution in [1.29, 1.82) is 0 Å². The predicted molar refractivity (Wildman–Crippen MR) is 109 cm³/mol. The van der Waals surface area contributed by atoms with Gasteiger partial charge in [-0.3, -0.25) is 10.1 Å². The fraction of sp³-hybridized carbons (Fsp3) is 0.350. The quantitative estimate of drug-likeness (QED) is 0.297. The van der Waals surface area contributed by atoms with Crippen molar-refractivity contribution in [2.24, 2.45) is 4.99 Å². The van der Waals surface area contributed by atoms with Crippen LogP contribution in [0.1, 0.15) is 19.4 Å². The number of methoxy groups -OCH3 is 1. The minimum absolute atomic E-state index is 0.0611. The van der Waals surface area contributed by atoms with E-state index < -0.39 is 4.92 Å². The highest BCUT2D eigenvalue weighted by Crippen LogP contribution is 2.19. The van der Waals surface area contributed by atoms with E-state index in [1.807, 2.05) is 44.2 Å². The molecule has 0 saturated carbocycles. The van der Waals surface area contributed by atoms with Crippen LogP contribution in [0.4, 0.5) is 5.69 Å². The van der Waals surface area contributed by atoms with Gasteiger partial charge in [0.2, 0.25) is 0 Å². The maximum Gasteiger partial charge on any atom is 0.269 e. The van der Waals surface area contributed by atoms with Crippen molar-refractivity contribution in [2.75, 3.05) is 20.2 Å². The van der Waals surface area contributed by atoms with Crippen LogP contribution < -0.4 is 20.1 Å². The lowest BCUT2D eigenvalue weighted by Crippen LogP contribution is -2.41. The second kappa shape index (κ2) is 10.8. The van der Waals surface area contributed by atoms with E-state index in [9.17, 15) is 10.1 Å². The number of ether oxygens (including phenoxy) is 2. The average Bonchev–Trinajstić information content (AvgIpc) is 2.70. The monoisotopic (exact) mass is 386 g/mol. The van der Waals surface area contributed by atoms with Gasteiger partial charge in [0.15, 0.2) is 5.96 Å². The van der Waals surface area contributed by atoms with Crippen LogP contribution in [0, 0.1) is 10.1 Å². The normalized spacial score (nSPS) is 12.2. The fourth-order valence-electron chi connectivity index (χ4n) is 2.47. The molecule has 2 N–H and O–H groups in total. The number of nitrogens with zero attached hydrogens (tertiary/aromatic N) is 2. The van der Waals surface area contributed by atoms with Gasteiger partial charge in [-0.05, 0) is 31.5 Å². The van der Waals surface area contributed by atoms with Crippen molar-refractivity contribution in [1.82, 2.24) is 10.6 Å². The summed E-state index contributed by atoms with van der Waals surface area (Å²) in [5, 5.41) is 17.3. The van der Waals surface area contributed by atoms with Crippen molar-refractivity contribution in [3.05, 3.63) is 64.2 Å². The summed E-state index contributed by atoms with van der Waals surface area (Å²) < 4.78 is 11.1. The summed E-state index contributed by atoms with van der Waals surface area (Å²) in [4.78, 5) is 15.0. The predicted octanol–water partition coefficient (Wildman–Crippen LogP) is 3.13. The summed E-state index contributed by atoms with van der Waals surface area (Å²) in [6, 6.07) is 13.9. The third kappa shape index (κ3) is 6.79. The van der Waals surface area contributed by atoms with Crippen LogP contribution in [0.2, 0.25) is 0 Å². The molecule has 0 heterocycles. The van der Waals surface area contributed by atoms with Crippen LogP contribution in [0.5, 0.6) is 11.5 Å². The Morgan fingerprint density at radius 1 is 1.18 bits per heavy atom. The molecule has 150 valence electrons. The first-order valence-electron chi connectivity index (χ1n) is 9.08. The molecule has 2 aromatic carbocycles. The van der Waals surface area contributed by atoms with E-state index in [1.165, 1.54) is 12.1 Å². The number of non-ortho nitro benzene ring substituents is 1. The van der Waals surface area contributed by atoms with Crippen LogP contribution in [0.15, 0.2) is 53.5 Å². The van der Waals surface area contributed by atoms with Crippen molar-refractivity contribution < 1.29 is 14.4 Å². The number of aliphatic imine (C=N–C) groups is 1. The Balaban J connectivity index is 1.93. The minimum Gasteiger partial charge on any atom is -0.497 e. The minimum atomic E-state index is -0.408. The number of nitro benzene ring substituents is 1. The molecule has 8 nitrogen and oxygen atoms in total. The average molecular weight is 386 g/mol. The van der Waals surface area contributed by atoms with Gasteiger partial charge in [0.05, 0.1) is 25.1 Å². The Labute approximate surface area is 164 Å². The number of benzene rings is 2. The first-order chi connectivity index (χ1) is 13.5. The molecular weight excluding hydrogens is 360 g/mol. The molecule has 2 rings (SSSR count). The molecule has 0 spiro atoms. The standard InChI is InChI=1S/C20H26N4O4/c1-4-21-20(23-14-16-7-5-8-17(11-16)24(25)26)22-13-15(2)28-19-10-6-9-18(12-19)27-3/h5-12,15H,4,13-14H2,1-3H3,(H2,21,22,23).